The van der Waals surface area contributed by atoms with Gasteiger partial charge < -0.3 is 15.2 Å². The number of hydrogen-bond acceptors (Lipinski definition) is 6. The van der Waals surface area contributed by atoms with Crippen molar-refractivity contribution in [3.63, 3.8) is 0 Å². The summed E-state index contributed by atoms with van der Waals surface area (Å²) in [5.41, 5.74) is 2.05. The van der Waals surface area contributed by atoms with Crippen molar-refractivity contribution in [1.29, 1.82) is 0 Å². The van der Waals surface area contributed by atoms with E-state index in [1.54, 1.807) is 0 Å². The van der Waals surface area contributed by atoms with Crippen LogP contribution in [-0.4, -0.2) is 58.5 Å². The predicted molar refractivity (Wildman–Crippen MR) is 126 cm³/mol. The summed E-state index contributed by atoms with van der Waals surface area (Å²) in [6, 6.07) is 10.4. The molecule has 0 bridgehead atoms. The SMILES string of the molecule is O=C(CN1CCN(c2ccc(C(F)(F)F)cn2)CC1)Nc1nc(-c2c[nH]c3ccccc23)cs1. The molecule has 1 fully saturated rings. The highest BCUT2D eigenvalue weighted by atomic mass is 32.1. The van der Waals surface area contributed by atoms with E-state index in [2.05, 4.69) is 20.3 Å². The van der Waals surface area contributed by atoms with Crippen LogP contribution in [0.25, 0.3) is 22.2 Å². The lowest BCUT2D eigenvalue weighted by Crippen LogP contribution is -2.48. The van der Waals surface area contributed by atoms with Gasteiger partial charge in [0.1, 0.15) is 5.82 Å². The number of carbonyl (C=O) groups is 1. The molecule has 1 saturated heterocycles. The Morgan fingerprint density at radius 2 is 1.91 bits per heavy atom. The van der Waals surface area contributed by atoms with Gasteiger partial charge in [-0.05, 0) is 18.2 Å². The van der Waals surface area contributed by atoms with Gasteiger partial charge in [-0.3, -0.25) is 9.69 Å². The highest BCUT2D eigenvalue weighted by Crippen LogP contribution is 2.31. The molecule has 1 aromatic carbocycles. The number of benzene rings is 1. The third-order valence-electron chi connectivity index (χ3n) is 5.75. The number of carbonyl (C=O) groups excluding carboxylic acids is 1. The van der Waals surface area contributed by atoms with E-state index >= 15 is 0 Å². The monoisotopic (exact) mass is 486 g/mol. The van der Waals surface area contributed by atoms with Crippen molar-refractivity contribution in [2.24, 2.45) is 0 Å². The van der Waals surface area contributed by atoms with Crippen molar-refractivity contribution in [2.75, 3.05) is 42.9 Å². The van der Waals surface area contributed by atoms with Gasteiger partial charge >= 0.3 is 6.18 Å². The Bertz CT molecular complexity index is 1290. The highest BCUT2D eigenvalue weighted by Gasteiger charge is 2.31. The van der Waals surface area contributed by atoms with Crippen LogP contribution in [0.2, 0.25) is 0 Å². The molecule has 2 N–H and O–H groups in total. The minimum absolute atomic E-state index is 0.152. The number of thiazole rings is 1. The van der Waals surface area contributed by atoms with E-state index in [1.807, 2.05) is 45.6 Å². The van der Waals surface area contributed by atoms with E-state index in [1.165, 1.54) is 17.4 Å². The fraction of sp³-hybridized carbons (Fsp3) is 0.261. The van der Waals surface area contributed by atoms with Crippen molar-refractivity contribution < 1.29 is 18.0 Å². The van der Waals surface area contributed by atoms with Gasteiger partial charge in [0.05, 0.1) is 17.8 Å². The Hall–Kier alpha value is -3.44. The molecule has 0 radical (unpaired) electrons. The summed E-state index contributed by atoms with van der Waals surface area (Å²) in [5.74, 6) is 0.352. The molecule has 0 unspecified atom stereocenters. The van der Waals surface area contributed by atoms with Gasteiger partial charge in [0.25, 0.3) is 0 Å². The first-order valence-electron chi connectivity index (χ1n) is 10.7. The second-order valence-electron chi connectivity index (χ2n) is 8.00. The molecule has 176 valence electrons. The Morgan fingerprint density at radius 3 is 2.65 bits per heavy atom. The zero-order valence-corrected chi connectivity index (χ0v) is 18.8. The van der Waals surface area contributed by atoms with Gasteiger partial charge in [-0.1, -0.05) is 18.2 Å². The number of halogens is 3. The maximum Gasteiger partial charge on any atom is 0.417 e. The topological polar surface area (TPSA) is 77.2 Å². The smallest absolute Gasteiger partial charge is 0.360 e. The molecule has 0 aliphatic carbocycles. The molecule has 11 heteroatoms. The molecule has 1 aliphatic heterocycles. The van der Waals surface area contributed by atoms with E-state index in [0.29, 0.717) is 37.1 Å². The first-order chi connectivity index (χ1) is 16.4. The second-order valence-corrected chi connectivity index (χ2v) is 8.86. The maximum atomic E-state index is 12.7. The van der Waals surface area contributed by atoms with E-state index in [4.69, 9.17) is 0 Å². The van der Waals surface area contributed by atoms with Gasteiger partial charge in [0.15, 0.2) is 5.13 Å². The van der Waals surface area contributed by atoms with Crippen molar-refractivity contribution in [3.8, 4) is 11.3 Å². The molecule has 4 aromatic rings. The van der Waals surface area contributed by atoms with Crippen molar-refractivity contribution in [3.05, 3.63) is 59.7 Å². The number of fused-ring (bicyclic) bond motifs is 1. The van der Waals surface area contributed by atoms with Gasteiger partial charge in [-0.25, -0.2) is 9.97 Å². The van der Waals surface area contributed by atoms with Crippen LogP contribution in [0.3, 0.4) is 0 Å². The number of aromatic amines is 1. The summed E-state index contributed by atoms with van der Waals surface area (Å²) in [7, 11) is 0. The number of alkyl halides is 3. The number of H-pyrrole nitrogens is 1. The number of pyridine rings is 1. The van der Waals surface area contributed by atoms with E-state index in [0.717, 1.165) is 34.4 Å². The van der Waals surface area contributed by atoms with E-state index in [-0.39, 0.29) is 12.5 Å². The van der Waals surface area contributed by atoms with Crippen molar-refractivity contribution in [1.82, 2.24) is 19.9 Å². The molecular formula is C23H21F3N6OS. The summed E-state index contributed by atoms with van der Waals surface area (Å²) in [6.07, 6.45) is -1.63. The lowest BCUT2D eigenvalue weighted by Gasteiger charge is -2.35. The average Bonchev–Trinajstić information content (AvgIpc) is 3.46. The van der Waals surface area contributed by atoms with Crippen LogP contribution in [0.15, 0.2) is 54.2 Å². The minimum Gasteiger partial charge on any atom is -0.360 e. The summed E-state index contributed by atoms with van der Waals surface area (Å²) < 4.78 is 38.2. The van der Waals surface area contributed by atoms with Crippen molar-refractivity contribution >= 4 is 39.1 Å². The maximum absolute atomic E-state index is 12.7. The fourth-order valence-corrected chi connectivity index (χ4v) is 4.70. The average molecular weight is 487 g/mol. The first kappa shape index (κ1) is 22.4. The van der Waals surface area contributed by atoms with Crippen LogP contribution in [0, 0.1) is 0 Å². The largest absolute Gasteiger partial charge is 0.417 e. The molecular weight excluding hydrogens is 465 g/mol. The highest BCUT2D eigenvalue weighted by molar-refractivity contribution is 7.14. The van der Waals surface area contributed by atoms with Gasteiger partial charge in [0, 0.05) is 60.4 Å². The molecule has 0 spiro atoms. The van der Waals surface area contributed by atoms with E-state index < -0.39 is 11.7 Å². The number of para-hydroxylation sites is 1. The Labute approximate surface area is 197 Å². The van der Waals surface area contributed by atoms with Crippen LogP contribution < -0.4 is 10.2 Å². The third kappa shape index (κ3) is 4.75. The molecule has 5 rings (SSSR count). The number of nitrogens with one attached hydrogen (secondary N) is 2. The molecule has 0 saturated carbocycles. The Balaban J connectivity index is 1.14. The number of hydrogen-bond donors (Lipinski definition) is 2. The lowest BCUT2D eigenvalue weighted by molar-refractivity contribution is -0.137. The summed E-state index contributed by atoms with van der Waals surface area (Å²) >= 11 is 1.38. The van der Waals surface area contributed by atoms with Crippen LogP contribution in [-0.2, 0) is 11.0 Å². The van der Waals surface area contributed by atoms with E-state index in [9.17, 15) is 18.0 Å². The minimum atomic E-state index is -4.40. The number of amides is 1. The number of aromatic nitrogens is 3. The summed E-state index contributed by atoms with van der Waals surface area (Å²) in [5, 5.41) is 6.40. The molecule has 7 nitrogen and oxygen atoms in total. The molecule has 34 heavy (non-hydrogen) atoms. The fourth-order valence-electron chi connectivity index (χ4n) is 3.98. The number of anilines is 2. The van der Waals surface area contributed by atoms with Crippen LogP contribution in [0.5, 0.6) is 0 Å². The third-order valence-corrected chi connectivity index (χ3v) is 6.51. The lowest BCUT2D eigenvalue weighted by atomic mass is 10.1. The van der Waals surface area contributed by atoms with Crippen LogP contribution in [0.1, 0.15) is 5.56 Å². The molecule has 4 heterocycles. The molecule has 3 aromatic heterocycles. The van der Waals surface area contributed by atoms with Crippen molar-refractivity contribution in [2.45, 2.75) is 6.18 Å². The first-order valence-corrected chi connectivity index (χ1v) is 11.6. The normalized spacial score (nSPS) is 15.1. The van der Waals surface area contributed by atoms with Crippen LogP contribution in [0.4, 0.5) is 24.1 Å². The zero-order valence-electron chi connectivity index (χ0n) is 18.0. The second kappa shape index (κ2) is 9.07. The molecule has 1 amide bonds. The quantitative estimate of drug-likeness (QED) is 0.436. The van der Waals surface area contributed by atoms with Gasteiger partial charge in [-0.2, -0.15) is 13.2 Å². The number of rotatable bonds is 5. The van der Waals surface area contributed by atoms with Gasteiger partial charge in [0.2, 0.25) is 5.91 Å². The van der Waals surface area contributed by atoms with Gasteiger partial charge in [-0.15, -0.1) is 11.3 Å². The molecule has 1 aliphatic rings. The predicted octanol–water partition coefficient (Wildman–Crippen LogP) is 4.47. The molecule has 0 atom stereocenters. The summed E-state index contributed by atoms with van der Waals surface area (Å²) in [6.45, 7) is 2.58. The number of nitrogens with zero attached hydrogens (tertiary/aromatic N) is 4. The van der Waals surface area contributed by atoms with Crippen LogP contribution >= 0.6 is 11.3 Å². The zero-order chi connectivity index (χ0) is 23.7. The Kier molecular flexibility index (Phi) is 5.96. The standard InChI is InChI=1S/C23H21F3N6OS/c24-23(25,26)15-5-6-20(28-11-15)32-9-7-31(8-10-32)13-21(33)30-22-29-19(14-34-22)17-12-27-18-4-2-1-3-16(17)18/h1-6,11-12,14,27H,7-10,13H2,(H,29,30,33). The summed E-state index contributed by atoms with van der Waals surface area (Å²) in [4.78, 5) is 28.2. The number of piperazine rings is 1. The Morgan fingerprint density at radius 1 is 1.12 bits per heavy atom.